The molecule has 0 amide bonds. The van der Waals surface area contributed by atoms with Gasteiger partial charge in [-0.3, -0.25) is 9.59 Å². The summed E-state index contributed by atoms with van der Waals surface area (Å²) < 4.78 is 10.4. The van der Waals surface area contributed by atoms with E-state index in [1.807, 2.05) is 61.5 Å². The van der Waals surface area contributed by atoms with Gasteiger partial charge in [0.2, 0.25) is 0 Å². The van der Waals surface area contributed by atoms with Gasteiger partial charge in [0, 0.05) is 5.92 Å². The molecule has 0 aliphatic carbocycles. The van der Waals surface area contributed by atoms with Crippen LogP contribution in [0.15, 0.2) is 54.6 Å². The number of ether oxygens (including phenoxy) is 2. The number of benzene rings is 2. The van der Waals surface area contributed by atoms with Crippen LogP contribution in [0, 0.1) is 12.8 Å². The van der Waals surface area contributed by atoms with E-state index in [2.05, 4.69) is 0 Å². The highest BCUT2D eigenvalue weighted by Crippen LogP contribution is 2.34. The molecule has 0 bridgehead atoms. The predicted molar refractivity (Wildman–Crippen MR) is 96.2 cm³/mol. The van der Waals surface area contributed by atoms with Crippen molar-refractivity contribution >= 4 is 11.9 Å². The standard InChI is InChI=1S/C21H24O4/c1-4-24-20(22)19(21(23)25-5-2)18(16-9-7-6-8-10-16)17-13-11-15(3)12-14-17/h6-14,18-19H,4-5H2,1-3H3. The summed E-state index contributed by atoms with van der Waals surface area (Å²) in [5, 5.41) is 0. The van der Waals surface area contributed by atoms with Crippen molar-refractivity contribution in [1.82, 2.24) is 0 Å². The summed E-state index contributed by atoms with van der Waals surface area (Å²) in [5.74, 6) is -2.62. The van der Waals surface area contributed by atoms with Crippen molar-refractivity contribution in [2.24, 2.45) is 5.92 Å². The van der Waals surface area contributed by atoms with Crippen LogP contribution in [0.1, 0.15) is 36.5 Å². The maximum Gasteiger partial charge on any atom is 0.321 e. The molecule has 132 valence electrons. The number of hydrogen-bond acceptors (Lipinski definition) is 4. The second-order valence-corrected chi connectivity index (χ2v) is 5.78. The molecule has 25 heavy (non-hydrogen) atoms. The number of carbonyl (C=O) groups excluding carboxylic acids is 2. The minimum Gasteiger partial charge on any atom is -0.465 e. The van der Waals surface area contributed by atoms with Crippen molar-refractivity contribution in [2.45, 2.75) is 26.7 Å². The minimum absolute atomic E-state index is 0.212. The van der Waals surface area contributed by atoms with Gasteiger partial charge in [0.25, 0.3) is 0 Å². The van der Waals surface area contributed by atoms with E-state index < -0.39 is 23.8 Å². The highest BCUT2D eigenvalue weighted by Gasteiger charge is 2.39. The molecular weight excluding hydrogens is 316 g/mol. The number of hydrogen-bond donors (Lipinski definition) is 0. The molecule has 0 aliphatic heterocycles. The first-order valence-electron chi connectivity index (χ1n) is 8.53. The maximum atomic E-state index is 12.6. The molecule has 1 unspecified atom stereocenters. The van der Waals surface area contributed by atoms with E-state index in [0.717, 1.165) is 16.7 Å². The van der Waals surface area contributed by atoms with E-state index >= 15 is 0 Å². The monoisotopic (exact) mass is 340 g/mol. The molecule has 0 aliphatic rings. The van der Waals surface area contributed by atoms with Gasteiger partial charge in [-0.1, -0.05) is 60.2 Å². The van der Waals surface area contributed by atoms with Gasteiger partial charge in [-0.25, -0.2) is 0 Å². The van der Waals surface area contributed by atoms with E-state index in [0.29, 0.717) is 0 Å². The van der Waals surface area contributed by atoms with Crippen molar-refractivity contribution in [1.29, 1.82) is 0 Å². The molecule has 0 fully saturated rings. The first kappa shape index (κ1) is 18.7. The minimum atomic E-state index is -1.04. The Kier molecular flexibility index (Phi) is 6.75. The zero-order chi connectivity index (χ0) is 18.2. The van der Waals surface area contributed by atoms with Crippen molar-refractivity contribution < 1.29 is 19.1 Å². The first-order chi connectivity index (χ1) is 12.1. The summed E-state index contributed by atoms with van der Waals surface area (Å²) in [6.07, 6.45) is 0. The molecule has 0 aromatic heterocycles. The van der Waals surface area contributed by atoms with Crippen LogP contribution in [0.3, 0.4) is 0 Å². The lowest BCUT2D eigenvalue weighted by atomic mass is 9.80. The average molecular weight is 340 g/mol. The third-order valence-corrected chi connectivity index (χ3v) is 4.01. The fraction of sp³-hybridized carbons (Fsp3) is 0.333. The lowest BCUT2D eigenvalue weighted by molar-refractivity contribution is -0.162. The second kappa shape index (κ2) is 9.02. The molecule has 1 atom stereocenters. The van der Waals surface area contributed by atoms with Crippen LogP contribution in [-0.4, -0.2) is 25.2 Å². The summed E-state index contributed by atoms with van der Waals surface area (Å²) in [5.41, 5.74) is 2.86. The van der Waals surface area contributed by atoms with Crippen LogP contribution in [0.25, 0.3) is 0 Å². The summed E-state index contributed by atoms with van der Waals surface area (Å²) >= 11 is 0. The summed E-state index contributed by atoms with van der Waals surface area (Å²) in [6, 6.07) is 17.3. The Hall–Kier alpha value is -2.62. The normalized spacial score (nSPS) is 11.8. The molecule has 0 spiro atoms. The Balaban J connectivity index is 2.54. The lowest BCUT2D eigenvalue weighted by Crippen LogP contribution is -2.34. The zero-order valence-electron chi connectivity index (χ0n) is 14.9. The van der Waals surface area contributed by atoms with Gasteiger partial charge < -0.3 is 9.47 Å². The van der Waals surface area contributed by atoms with Crippen LogP contribution in [-0.2, 0) is 19.1 Å². The van der Waals surface area contributed by atoms with E-state index in [-0.39, 0.29) is 13.2 Å². The third-order valence-electron chi connectivity index (χ3n) is 4.01. The van der Waals surface area contributed by atoms with Gasteiger partial charge in [0.05, 0.1) is 13.2 Å². The number of rotatable bonds is 7. The zero-order valence-corrected chi connectivity index (χ0v) is 14.9. The van der Waals surface area contributed by atoms with Gasteiger partial charge >= 0.3 is 11.9 Å². The largest absolute Gasteiger partial charge is 0.465 e. The lowest BCUT2D eigenvalue weighted by Gasteiger charge is -2.25. The summed E-state index contributed by atoms with van der Waals surface area (Å²) in [4.78, 5) is 25.2. The molecule has 2 rings (SSSR count). The third kappa shape index (κ3) is 4.69. The van der Waals surface area contributed by atoms with Gasteiger partial charge in [-0.05, 0) is 31.9 Å². The van der Waals surface area contributed by atoms with Crippen molar-refractivity contribution in [3.8, 4) is 0 Å². The molecule has 0 radical (unpaired) electrons. The van der Waals surface area contributed by atoms with Crippen LogP contribution in [0.4, 0.5) is 0 Å². The fourth-order valence-corrected chi connectivity index (χ4v) is 2.84. The van der Waals surface area contributed by atoms with Crippen LogP contribution < -0.4 is 0 Å². The maximum absolute atomic E-state index is 12.6. The topological polar surface area (TPSA) is 52.6 Å². The smallest absolute Gasteiger partial charge is 0.321 e. The number of carbonyl (C=O) groups is 2. The van der Waals surface area contributed by atoms with E-state index in [1.165, 1.54) is 0 Å². The number of esters is 2. The van der Waals surface area contributed by atoms with Crippen LogP contribution in [0.2, 0.25) is 0 Å². The highest BCUT2D eigenvalue weighted by molar-refractivity contribution is 5.96. The number of aryl methyl sites for hydroxylation is 1. The average Bonchev–Trinajstić information content (AvgIpc) is 2.61. The summed E-state index contributed by atoms with van der Waals surface area (Å²) in [7, 11) is 0. The van der Waals surface area contributed by atoms with E-state index in [9.17, 15) is 9.59 Å². The Morgan fingerprint density at radius 3 is 1.76 bits per heavy atom. The molecule has 0 heterocycles. The van der Waals surface area contributed by atoms with Crippen molar-refractivity contribution in [3.63, 3.8) is 0 Å². The second-order valence-electron chi connectivity index (χ2n) is 5.78. The Morgan fingerprint density at radius 2 is 1.28 bits per heavy atom. The predicted octanol–water partition coefficient (Wildman–Crippen LogP) is 3.87. The van der Waals surface area contributed by atoms with Gasteiger partial charge in [0.15, 0.2) is 5.92 Å². The molecule has 0 N–H and O–H groups in total. The van der Waals surface area contributed by atoms with Crippen LogP contribution in [0.5, 0.6) is 0 Å². The first-order valence-corrected chi connectivity index (χ1v) is 8.53. The Bertz CT molecular complexity index is 674. The van der Waals surface area contributed by atoms with Crippen molar-refractivity contribution in [3.05, 3.63) is 71.3 Å². The van der Waals surface area contributed by atoms with Gasteiger partial charge in [-0.15, -0.1) is 0 Å². The quantitative estimate of drug-likeness (QED) is 0.567. The van der Waals surface area contributed by atoms with Gasteiger partial charge in [0.1, 0.15) is 0 Å². The molecular formula is C21H24O4. The Labute approximate surface area is 148 Å². The molecule has 2 aromatic rings. The van der Waals surface area contributed by atoms with E-state index in [1.54, 1.807) is 13.8 Å². The Morgan fingerprint density at radius 1 is 0.800 bits per heavy atom. The summed E-state index contributed by atoms with van der Waals surface area (Å²) in [6.45, 7) is 5.87. The molecule has 0 saturated carbocycles. The fourth-order valence-electron chi connectivity index (χ4n) is 2.84. The van der Waals surface area contributed by atoms with E-state index in [4.69, 9.17) is 9.47 Å². The molecule has 4 nitrogen and oxygen atoms in total. The van der Waals surface area contributed by atoms with Crippen molar-refractivity contribution in [2.75, 3.05) is 13.2 Å². The molecule has 2 aromatic carbocycles. The molecule has 0 saturated heterocycles. The van der Waals surface area contributed by atoms with Gasteiger partial charge in [-0.2, -0.15) is 0 Å². The SMILES string of the molecule is CCOC(=O)C(C(=O)OCC)C(c1ccccc1)c1ccc(C)cc1. The highest BCUT2D eigenvalue weighted by atomic mass is 16.6. The molecule has 4 heteroatoms. The van der Waals surface area contributed by atoms with Crippen LogP contribution >= 0.6 is 0 Å².